The van der Waals surface area contributed by atoms with E-state index in [1.807, 2.05) is 12.1 Å². The van der Waals surface area contributed by atoms with Gasteiger partial charge in [-0.05, 0) is 12.1 Å². The second-order valence-electron chi connectivity index (χ2n) is 5.15. The van der Waals surface area contributed by atoms with Crippen molar-refractivity contribution in [2.45, 2.75) is 6.04 Å². The summed E-state index contributed by atoms with van der Waals surface area (Å²) in [5, 5.41) is 3.02. The van der Waals surface area contributed by atoms with Gasteiger partial charge in [0.15, 0.2) is 0 Å². The number of anilines is 1. The molecule has 0 aliphatic rings. The van der Waals surface area contributed by atoms with Crippen LogP contribution >= 0.6 is 0 Å². The highest BCUT2D eigenvalue weighted by Crippen LogP contribution is 2.25. The standard InChI is InChI=1S/C16H21N5O3/c1-23-9-11(17)7-19-16-20-8-13(15(18)22)14(21-16)10-4-3-5-12(6-10)24-2/h3-6,8,11H,7,9,17H2,1-2H3,(H2,18,22)(H,19,20,21)/t11-/m1/s1. The first-order valence-corrected chi connectivity index (χ1v) is 7.34. The Balaban J connectivity index is 2.32. The van der Waals surface area contributed by atoms with Gasteiger partial charge in [-0.25, -0.2) is 9.97 Å². The molecule has 1 atom stereocenters. The van der Waals surface area contributed by atoms with Crippen LogP contribution in [0.2, 0.25) is 0 Å². The van der Waals surface area contributed by atoms with Gasteiger partial charge in [0.1, 0.15) is 5.75 Å². The molecule has 0 unspecified atom stereocenters. The Hall–Kier alpha value is -2.71. The molecule has 1 heterocycles. The average molecular weight is 331 g/mol. The van der Waals surface area contributed by atoms with Crippen molar-refractivity contribution < 1.29 is 14.3 Å². The summed E-state index contributed by atoms with van der Waals surface area (Å²) in [6.07, 6.45) is 1.40. The minimum Gasteiger partial charge on any atom is -0.497 e. The molecule has 0 fully saturated rings. The Labute approximate surface area is 140 Å². The van der Waals surface area contributed by atoms with Gasteiger partial charge in [-0.1, -0.05) is 12.1 Å². The van der Waals surface area contributed by atoms with Crippen molar-refractivity contribution in [3.63, 3.8) is 0 Å². The summed E-state index contributed by atoms with van der Waals surface area (Å²) >= 11 is 0. The molecule has 5 N–H and O–H groups in total. The third-order valence-corrected chi connectivity index (χ3v) is 3.30. The molecule has 1 aromatic carbocycles. The number of carbonyl (C=O) groups is 1. The highest BCUT2D eigenvalue weighted by atomic mass is 16.5. The smallest absolute Gasteiger partial charge is 0.252 e. The number of carbonyl (C=O) groups excluding carboxylic acids is 1. The molecule has 8 heteroatoms. The first kappa shape index (κ1) is 17.6. The fourth-order valence-corrected chi connectivity index (χ4v) is 2.13. The number of methoxy groups -OCH3 is 2. The molecule has 0 bridgehead atoms. The number of hydrogen-bond acceptors (Lipinski definition) is 7. The van der Waals surface area contributed by atoms with Gasteiger partial charge in [-0.2, -0.15) is 0 Å². The van der Waals surface area contributed by atoms with Crippen LogP contribution in [0.1, 0.15) is 10.4 Å². The highest BCUT2D eigenvalue weighted by molar-refractivity contribution is 5.98. The number of rotatable bonds is 8. The summed E-state index contributed by atoms with van der Waals surface area (Å²) in [5.41, 5.74) is 12.7. The second-order valence-corrected chi connectivity index (χ2v) is 5.15. The topological polar surface area (TPSA) is 125 Å². The fourth-order valence-electron chi connectivity index (χ4n) is 2.13. The minimum absolute atomic E-state index is 0.199. The molecule has 0 aliphatic carbocycles. The molecule has 0 saturated heterocycles. The van der Waals surface area contributed by atoms with E-state index in [1.54, 1.807) is 26.4 Å². The summed E-state index contributed by atoms with van der Waals surface area (Å²) in [7, 11) is 3.15. The molecule has 0 saturated carbocycles. The van der Waals surface area contributed by atoms with E-state index in [2.05, 4.69) is 15.3 Å². The zero-order valence-electron chi connectivity index (χ0n) is 13.7. The molecule has 2 aromatic rings. The summed E-state index contributed by atoms with van der Waals surface area (Å²) in [6.45, 7) is 0.844. The summed E-state index contributed by atoms with van der Waals surface area (Å²) in [5.74, 6) is 0.401. The van der Waals surface area contributed by atoms with Gasteiger partial charge in [0.2, 0.25) is 5.95 Å². The zero-order valence-corrected chi connectivity index (χ0v) is 13.7. The van der Waals surface area contributed by atoms with Crippen LogP contribution in [0.3, 0.4) is 0 Å². The van der Waals surface area contributed by atoms with Gasteiger partial charge >= 0.3 is 0 Å². The first-order valence-electron chi connectivity index (χ1n) is 7.34. The summed E-state index contributed by atoms with van der Waals surface area (Å²) in [6, 6.07) is 7.00. The van der Waals surface area contributed by atoms with Crippen LogP contribution in [0, 0.1) is 0 Å². The molecule has 0 aliphatic heterocycles. The monoisotopic (exact) mass is 331 g/mol. The third-order valence-electron chi connectivity index (χ3n) is 3.30. The predicted molar refractivity (Wildman–Crippen MR) is 90.9 cm³/mol. The number of amides is 1. The van der Waals surface area contributed by atoms with Gasteiger partial charge in [0, 0.05) is 31.5 Å². The zero-order chi connectivity index (χ0) is 17.5. The molecular formula is C16H21N5O3. The van der Waals surface area contributed by atoms with Crippen molar-refractivity contribution in [1.82, 2.24) is 9.97 Å². The Kier molecular flexibility index (Phi) is 6.05. The van der Waals surface area contributed by atoms with Gasteiger partial charge in [0.05, 0.1) is 25.0 Å². The van der Waals surface area contributed by atoms with E-state index in [0.717, 1.165) is 0 Å². The van der Waals surface area contributed by atoms with Crippen LogP contribution in [0.4, 0.5) is 5.95 Å². The fraction of sp³-hybridized carbons (Fsp3) is 0.312. The summed E-state index contributed by atoms with van der Waals surface area (Å²) in [4.78, 5) is 20.2. The lowest BCUT2D eigenvalue weighted by Crippen LogP contribution is -2.33. The average Bonchev–Trinajstić information content (AvgIpc) is 2.60. The Morgan fingerprint density at radius 2 is 2.17 bits per heavy atom. The molecule has 2 rings (SSSR count). The van der Waals surface area contributed by atoms with Crippen molar-refractivity contribution >= 4 is 11.9 Å². The molecular weight excluding hydrogens is 310 g/mol. The largest absolute Gasteiger partial charge is 0.497 e. The van der Waals surface area contributed by atoms with Crippen LogP contribution in [-0.2, 0) is 4.74 Å². The van der Waals surface area contributed by atoms with Crippen LogP contribution in [0.5, 0.6) is 5.75 Å². The molecule has 0 spiro atoms. The number of primary amides is 1. The van der Waals surface area contributed by atoms with Crippen molar-refractivity contribution in [1.29, 1.82) is 0 Å². The molecule has 1 amide bonds. The molecule has 8 nitrogen and oxygen atoms in total. The van der Waals surface area contributed by atoms with Crippen molar-refractivity contribution in [2.75, 3.05) is 32.7 Å². The molecule has 1 aromatic heterocycles. The third kappa shape index (κ3) is 4.40. The van der Waals surface area contributed by atoms with Gasteiger partial charge in [0.25, 0.3) is 5.91 Å². The van der Waals surface area contributed by atoms with Crippen molar-refractivity contribution in [2.24, 2.45) is 11.5 Å². The predicted octanol–water partition coefficient (Wildman–Crippen LogP) is 0.637. The van der Waals surface area contributed by atoms with Crippen LogP contribution in [0.15, 0.2) is 30.5 Å². The van der Waals surface area contributed by atoms with Crippen molar-refractivity contribution in [3.8, 4) is 17.0 Å². The van der Waals surface area contributed by atoms with Crippen molar-refractivity contribution in [3.05, 3.63) is 36.0 Å². The maximum absolute atomic E-state index is 11.7. The molecule has 128 valence electrons. The van der Waals surface area contributed by atoms with E-state index in [9.17, 15) is 4.79 Å². The van der Waals surface area contributed by atoms with E-state index in [1.165, 1.54) is 6.20 Å². The Morgan fingerprint density at radius 3 is 2.83 bits per heavy atom. The van der Waals surface area contributed by atoms with Crippen LogP contribution < -0.4 is 21.5 Å². The SMILES string of the molecule is COC[C@H](N)CNc1ncc(C(N)=O)c(-c2cccc(OC)c2)n1. The van der Waals surface area contributed by atoms with E-state index < -0.39 is 5.91 Å². The van der Waals surface area contributed by atoms with Crippen LogP contribution in [0.25, 0.3) is 11.3 Å². The van der Waals surface area contributed by atoms with Gasteiger partial charge in [-0.15, -0.1) is 0 Å². The number of hydrogen-bond donors (Lipinski definition) is 3. The van der Waals surface area contributed by atoms with Crippen LogP contribution in [-0.4, -0.2) is 49.3 Å². The molecule has 0 radical (unpaired) electrons. The quantitative estimate of drug-likeness (QED) is 0.648. The van der Waals surface area contributed by atoms with E-state index in [-0.39, 0.29) is 11.6 Å². The van der Waals surface area contributed by atoms with E-state index in [4.69, 9.17) is 20.9 Å². The van der Waals surface area contributed by atoms with Gasteiger partial charge in [-0.3, -0.25) is 4.79 Å². The number of nitrogens with two attached hydrogens (primary N) is 2. The minimum atomic E-state index is -0.601. The lowest BCUT2D eigenvalue weighted by Gasteiger charge is -2.13. The normalized spacial score (nSPS) is 11.8. The summed E-state index contributed by atoms with van der Waals surface area (Å²) < 4.78 is 10.2. The number of nitrogens with zero attached hydrogens (tertiary/aromatic N) is 2. The first-order chi connectivity index (χ1) is 11.5. The van der Waals surface area contributed by atoms with E-state index >= 15 is 0 Å². The second kappa shape index (κ2) is 8.23. The lowest BCUT2D eigenvalue weighted by molar-refractivity contribution is 0.100. The van der Waals surface area contributed by atoms with Gasteiger partial charge < -0.3 is 26.3 Å². The number of benzene rings is 1. The maximum atomic E-state index is 11.7. The lowest BCUT2D eigenvalue weighted by atomic mass is 10.1. The maximum Gasteiger partial charge on any atom is 0.252 e. The number of aromatic nitrogens is 2. The Morgan fingerprint density at radius 1 is 1.38 bits per heavy atom. The number of ether oxygens (including phenoxy) is 2. The van der Waals surface area contributed by atoms with E-state index in [0.29, 0.717) is 36.1 Å². The molecule has 24 heavy (non-hydrogen) atoms. The number of nitrogens with one attached hydrogen (secondary N) is 1. The Bertz CT molecular complexity index is 708. The highest BCUT2D eigenvalue weighted by Gasteiger charge is 2.15.